The van der Waals surface area contributed by atoms with E-state index in [1.165, 1.54) is 0 Å². The van der Waals surface area contributed by atoms with E-state index in [9.17, 15) is 22.8 Å². The van der Waals surface area contributed by atoms with Gasteiger partial charge in [0.25, 0.3) is 5.82 Å². The molecular formula is C31H31Cl2KN6O4S2. The Morgan fingerprint density at radius 1 is 1.07 bits per heavy atom. The maximum absolute atomic E-state index is 11.3. The number of nitrogens with zero attached hydrogens (tertiary/aromatic N) is 6. The first kappa shape index (κ1) is 38.6. The number of fused-ring (bicyclic) bond motifs is 2. The molecule has 2 aromatic carbocycles. The van der Waals surface area contributed by atoms with Gasteiger partial charge < -0.3 is 18.9 Å². The third-order valence-electron chi connectivity index (χ3n) is 7.35. The van der Waals surface area contributed by atoms with Gasteiger partial charge in [-0.3, -0.25) is 12.0 Å². The van der Waals surface area contributed by atoms with Crippen LogP contribution in [0.5, 0.6) is 0 Å². The second kappa shape index (κ2) is 17.5. The molecule has 1 aliphatic heterocycles. The van der Waals surface area contributed by atoms with Gasteiger partial charge in [0.1, 0.15) is 11.9 Å². The van der Waals surface area contributed by atoms with Crippen LogP contribution < -0.4 is 65.8 Å². The number of hydrogen-bond acceptors (Lipinski definition) is 8. The van der Waals surface area contributed by atoms with Crippen LogP contribution in [0.15, 0.2) is 54.4 Å². The average molecular weight is 726 g/mol. The molecule has 0 spiro atoms. The van der Waals surface area contributed by atoms with Crippen molar-refractivity contribution in [1.82, 2.24) is 4.57 Å². The number of halogens is 2. The molecule has 10 nitrogen and oxygen atoms in total. The Hall–Kier alpha value is -1.85. The summed E-state index contributed by atoms with van der Waals surface area (Å²) in [5, 5.41) is 10.2. The molecule has 0 saturated carbocycles. The molecule has 0 amide bonds. The summed E-state index contributed by atoms with van der Waals surface area (Å²) in [6.07, 6.45) is 10.2. The third-order valence-corrected chi connectivity index (χ3v) is 9.21. The fourth-order valence-corrected chi connectivity index (χ4v) is 6.57. The number of anilines is 2. The molecule has 0 N–H and O–H groups in total. The van der Waals surface area contributed by atoms with Crippen LogP contribution in [0, 0.1) is 17.9 Å². The summed E-state index contributed by atoms with van der Waals surface area (Å²) in [6.45, 7) is 13.6. The molecule has 0 bridgehead atoms. The molecule has 0 saturated heterocycles. The Bertz CT molecular complexity index is 1880. The SMILES string of the molecule is [C-]#[N+]c1cc2c(cc1Cl)N(CC)\C(=C/C=C/C=C/c1n(CC)c3cc(Cl)c(C#N)cc3[n+]1CCCS[O-])N2CCCS(=O)(=O)[O-].[K+]. The van der Waals surface area contributed by atoms with E-state index in [1.54, 1.807) is 24.3 Å². The van der Waals surface area contributed by atoms with Gasteiger partial charge in [0.05, 0.1) is 51.7 Å². The van der Waals surface area contributed by atoms with E-state index in [0.29, 0.717) is 65.1 Å². The molecule has 4 rings (SSSR count). The first-order valence-corrected chi connectivity index (χ1v) is 17.5. The molecule has 0 fully saturated rings. The van der Waals surface area contributed by atoms with E-state index in [0.717, 1.165) is 28.4 Å². The van der Waals surface area contributed by atoms with Crippen LogP contribution in [0.4, 0.5) is 17.1 Å². The van der Waals surface area contributed by atoms with Crippen LogP contribution in [0.25, 0.3) is 22.0 Å². The maximum Gasteiger partial charge on any atom is 1.00 e. The molecule has 0 atom stereocenters. The van der Waals surface area contributed by atoms with Gasteiger partial charge in [0.15, 0.2) is 11.0 Å². The minimum atomic E-state index is -4.38. The van der Waals surface area contributed by atoms with Gasteiger partial charge in [-0.25, -0.2) is 22.4 Å². The zero-order valence-corrected chi connectivity index (χ0v) is 32.0. The fraction of sp³-hybridized carbons (Fsp3) is 0.323. The Labute approximate surface area is 326 Å². The smallest absolute Gasteiger partial charge is 0.799 e. The number of aromatic nitrogens is 2. The van der Waals surface area contributed by atoms with E-state index in [1.807, 2.05) is 54.0 Å². The van der Waals surface area contributed by atoms with Crippen molar-refractivity contribution in [1.29, 1.82) is 5.26 Å². The minimum Gasteiger partial charge on any atom is -0.799 e. The van der Waals surface area contributed by atoms with E-state index >= 15 is 0 Å². The number of hydrogen-bond donors (Lipinski definition) is 0. The molecule has 1 aromatic heterocycles. The largest absolute Gasteiger partial charge is 1.00 e. The van der Waals surface area contributed by atoms with Gasteiger partial charge in [0, 0.05) is 42.1 Å². The molecular weight excluding hydrogens is 695 g/mol. The van der Waals surface area contributed by atoms with Gasteiger partial charge in [-0.15, -0.1) is 0 Å². The number of aryl methyl sites for hydroxylation is 2. The molecule has 0 unspecified atom stereocenters. The van der Waals surface area contributed by atoms with Crippen molar-refractivity contribution in [3.63, 3.8) is 0 Å². The number of rotatable bonds is 13. The van der Waals surface area contributed by atoms with Crippen molar-refractivity contribution in [3.8, 4) is 6.07 Å². The van der Waals surface area contributed by atoms with Crippen LogP contribution in [-0.4, -0.2) is 46.7 Å². The summed E-state index contributed by atoms with van der Waals surface area (Å²) in [7, 11) is -4.38. The van der Waals surface area contributed by atoms with Gasteiger partial charge in [-0.05, 0) is 50.7 Å². The normalized spacial score (nSPS) is 14.0. The van der Waals surface area contributed by atoms with E-state index in [-0.39, 0.29) is 70.0 Å². The average Bonchev–Trinajstić information content (AvgIpc) is 3.44. The molecule has 0 radical (unpaired) electrons. The summed E-state index contributed by atoms with van der Waals surface area (Å²) in [5.41, 5.74) is 3.91. The van der Waals surface area contributed by atoms with Crippen LogP contribution in [0.1, 0.15) is 38.1 Å². The Balaban J connectivity index is 0.00000576. The van der Waals surface area contributed by atoms with Gasteiger partial charge in [-0.2, -0.15) is 5.26 Å². The van der Waals surface area contributed by atoms with Crippen molar-refractivity contribution in [2.75, 3.05) is 34.4 Å². The summed E-state index contributed by atoms with van der Waals surface area (Å²) in [4.78, 5) is 7.42. The Morgan fingerprint density at radius 3 is 2.43 bits per heavy atom. The molecule has 15 heteroatoms. The first-order chi connectivity index (χ1) is 21.6. The van der Waals surface area contributed by atoms with Crippen LogP contribution in [0.2, 0.25) is 10.0 Å². The number of benzene rings is 2. The minimum absolute atomic E-state index is 0. The second-order valence-electron chi connectivity index (χ2n) is 10.0. The van der Waals surface area contributed by atoms with Gasteiger partial charge in [-0.1, -0.05) is 41.4 Å². The molecule has 1 aliphatic rings. The van der Waals surface area contributed by atoms with Crippen molar-refractivity contribution in [2.45, 2.75) is 39.8 Å². The Kier molecular flexibility index (Phi) is 14.7. The van der Waals surface area contributed by atoms with Crippen molar-refractivity contribution in [3.05, 3.63) is 87.2 Å². The number of allylic oxidation sites excluding steroid dienone is 4. The van der Waals surface area contributed by atoms with E-state index < -0.39 is 15.9 Å². The van der Waals surface area contributed by atoms with Gasteiger partial charge >= 0.3 is 51.4 Å². The van der Waals surface area contributed by atoms with Crippen LogP contribution in [-0.2, 0) is 23.2 Å². The Morgan fingerprint density at radius 2 is 1.80 bits per heavy atom. The zero-order chi connectivity index (χ0) is 32.7. The second-order valence-corrected chi connectivity index (χ2v) is 13.0. The van der Waals surface area contributed by atoms with E-state index in [2.05, 4.69) is 20.0 Å². The zero-order valence-electron chi connectivity index (χ0n) is 25.7. The molecule has 0 aliphatic carbocycles. The van der Waals surface area contributed by atoms with Crippen molar-refractivity contribution < 1.29 is 73.5 Å². The summed E-state index contributed by atoms with van der Waals surface area (Å²) in [5.74, 6) is 1.60. The summed E-state index contributed by atoms with van der Waals surface area (Å²) in [6, 6.07) is 9.13. The van der Waals surface area contributed by atoms with Crippen molar-refractivity contribution >= 4 is 79.5 Å². The first-order valence-electron chi connectivity index (χ1n) is 14.2. The maximum atomic E-state index is 11.3. The fourth-order valence-electron chi connectivity index (χ4n) is 5.44. The quantitative estimate of drug-likeness (QED) is 0.0498. The monoisotopic (exact) mass is 724 g/mol. The summed E-state index contributed by atoms with van der Waals surface area (Å²) >= 11 is 13.3. The van der Waals surface area contributed by atoms with Crippen molar-refractivity contribution in [2.24, 2.45) is 0 Å². The molecule has 3 aromatic rings. The summed E-state index contributed by atoms with van der Waals surface area (Å²) < 4.78 is 49.1. The van der Waals surface area contributed by atoms with Crippen LogP contribution in [0.3, 0.4) is 0 Å². The number of nitriles is 1. The molecule has 236 valence electrons. The topological polar surface area (TPSA) is 124 Å². The standard InChI is InChI=1S/C31H32Cl2N6O4S2.K/c1-4-36-27-18-23(32)22(21-34)17-26(27)38(13-9-15-44-40)30(36)11-7-6-8-12-31-37(5-2)28-19-24(33)25(35-3)20-29(28)39(31)14-10-16-45(41,42)43;/h6-8,11-12,17-20H,4-5,9-10,13-16H2,1-2H3,(H-,40,41,42,43);/q;+1/p-1. The number of imidazole rings is 1. The van der Waals surface area contributed by atoms with Gasteiger partial charge in [0.2, 0.25) is 5.69 Å². The predicted octanol–water partition coefficient (Wildman–Crippen LogP) is 3.63. The predicted molar refractivity (Wildman–Crippen MR) is 179 cm³/mol. The van der Waals surface area contributed by atoms with Crippen LogP contribution >= 0.6 is 35.2 Å². The van der Waals surface area contributed by atoms with E-state index in [4.69, 9.17) is 29.8 Å². The molecule has 2 heterocycles. The molecule has 46 heavy (non-hydrogen) atoms. The third kappa shape index (κ3) is 8.78.